The molecule has 1 unspecified atom stereocenters. The number of alkyl halides is 3. The van der Waals surface area contributed by atoms with Gasteiger partial charge in [0.05, 0.1) is 11.3 Å². The van der Waals surface area contributed by atoms with Crippen molar-refractivity contribution >= 4 is 60.1 Å². The van der Waals surface area contributed by atoms with Crippen molar-refractivity contribution in [3.63, 3.8) is 0 Å². The zero-order chi connectivity index (χ0) is 27.1. The Bertz CT molecular complexity index is 1400. The number of aromatic nitrogens is 1. The highest BCUT2D eigenvalue weighted by atomic mass is 32.1. The van der Waals surface area contributed by atoms with Gasteiger partial charge in [-0.3, -0.25) is 14.4 Å². The molecular weight excluding hydrogens is 528 g/mol. The number of thiazole rings is 1. The molecule has 0 spiro atoms. The molecule has 0 saturated heterocycles. The lowest BCUT2D eigenvalue weighted by atomic mass is 10.1. The first-order chi connectivity index (χ1) is 17.3. The minimum atomic E-state index is -4.56. The molecule has 1 aliphatic rings. The van der Waals surface area contributed by atoms with Gasteiger partial charge in [0.15, 0.2) is 5.13 Å². The molecule has 0 aliphatic heterocycles. The summed E-state index contributed by atoms with van der Waals surface area (Å²) in [6, 6.07) is 7.53. The van der Waals surface area contributed by atoms with Crippen molar-refractivity contribution in [2.24, 2.45) is 5.41 Å². The van der Waals surface area contributed by atoms with Crippen LogP contribution in [0, 0.1) is 19.3 Å². The number of aromatic hydroxyl groups is 1. The maximum Gasteiger partial charge on any atom is 0.416 e. The van der Waals surface area contributed by atoms with Crippen molar-refractivity contribution in [3.8, 4) is 5.75 Å². The fraction of sp³-hybridized carbons (Fsp3) is 0.250. The van der Waals surface area contributed by atoms with E-state index in [2.05, 4.69) is 30.2 Å². The van der Waals surface area contributed by atoms with E-state index in [0.29, 0.717) is 29.4 Å². The maximum absolute atomic E-state index is 13.1. The van der Waals surface area contributed by atoms with E-state index in [9.17, 15) is 32.7 Å². The Morgan fingerprint density at radius 1 is 1.03 bits per heavy atom. The number of halogens is 3. The topological polar surface area (TPSA) is 120 Å². The molecule has 1 heterocycles. The van der Waals surface area contributed by atoms with E-state index >= 15 is 0 Å². The standard InChI is InChI=1S/C24H22F3N4O4PS/c1-11-3-4-13(24(25,26)27)7-17(11)30-19(33)18-12(2)28-22(37-18)31-21(35)23(5-6-23)20(34)29-14-8-15(32)10-16(36)9-14/h3-4,7-10,32H,5-6,36H2,1-2H3,(H,29,34)(H,30,33)(H,28,31,35). The van der Waals surface area contributed by atoms with Crippen LogP contribution in [-0.4, -0.2) is 27.8 Å². The van der Waals surface area contributed by atoms with Gasteiger partial charge in [0.25, 0.3) is 5.91 Å². The van der Waals surface area contributed by atoms with Gasteiger partial charge in [-0.2, -0.15) is 13.2 Å². The third kappa shape index (κ3) is 5.75. The number of rotatable bonds is 6. The van der Waals surface area contributed by atoms with Crippen molar-refractivity contribution in [2.45, 2.75) is 32.9 Å². The SMILES string of the molecule is Cc1ccc(C(F)(F)F)cc1NC(=O)c1sc(NC(=O)C2(C(=O)Nc3cc(O)cc(P)c3)CC2)nc1C. The summed E-state index contributed by atoms with van der Waals surface area (Å²) in [5, 5.41) is 18.2. The largest absolute Gasteiger partial charge is 0.508 e. The predicted molar refractivity (Wildman–Crippen MR) is 137 cm³/mol. The quantitative estimate of drug-likeness (QED) is 0.264. The van der Waals surface area contributed by atoms with Crippen LogP contribution in [0.2, 0.25) is 0 Å². The molecule has 1 aromatic heterocycles. The average Bonchev–Trinajstić information content (AvgIpc) is 3.52. The summed E-state index contributed by atoms with van der Waals surface area (Å²) in [7, 11) is 2.40. The first-order valence-electron chi connectivity index (χ1n) is 11.0. The summed E-state index contributed by atoms with van der Waals surface area (Å²) in [6.07, 6.45) is -3.94. The number of hydrogen-bond acceptors (Lipinski definition) is 6. The number of carbonyl (C=O) groups excluding carboxylic acids is 3. The van der Waals surface area contributed by atoms with Gasteiger partial charge < -0.3 is 21.1 Å². The molecule has 0 radical (unpaired) electrons. The zero-order valence-electron chi connectivity index (χ0n) is 19.6. The molecule has 4 rings (SSSR count). The molecule has 37 heavy (non-hydrogen) atoms. The van der Waals surface area contributed by atoms with Crippen LogP contribution in [-0.2, 0) is 15.8 Å². The summed E-state index contributed by atoms with van der Waals surface area (Å²) in [5.41, 5.74) is -1.15. The molecule has 1 atom stereocenters. The maximum atomic E-state index is 13.1. The van der Waals surface area contributed by atoms with Crippen LogP contribution in [0.3, 0.4) is 0 Å². The van der Waals surface area contributed by atoms with Gasteiger partial charge in [-0.05, 0) is 61.8 Å². The molecule has 13 heteroatoms. The number of amides is 3. The Kier molecular flexibility index (Phi) is 7.00. The molecule has 1 aliphatic carbocycles. The van der Waals surface area contributed by atoms with E-state index in [4.69, 9.17) is 0 Å². The van der Waals surface area contributed by atoms with Gasteiger partial charge >= 0.3 is 6.18 Å². The van der Waals surface area contributed by atoms with Gasteiger partial charge in [0, 0.05) is 17.4 Å². The summed E-state index contributed by atoms with van der Waals surface area (Å²) in [5.74, 6) is -1.84. The second kappa shape index (κ2) is 9.75. The zero-order valence-corrected chi connectivity index (χ0v) is 21.6. The van der Waals surface area contributed by atoms with Crippen molar-refractivity contribution in [2.75, 3.05) is 16.0 Å². The normalized spacial score (nSPS) is 14.1. The molecule has 0 bridgehead atoms. The number of nitrogens with zero attached hydrogens (tertiary/aromatic N) is 1. The second-order valence-corrected chi connectivity index (χ2v) is 10.4. The highest BCUT2D eigenvalue weighted by molar-refractivity contribution is 7.27. The van der Waals surface area contributed by atoms with Crippen LogP contribution in [0.15, 0.2) is 36.4 Å². The second-order valence-electron chi connectivity index (χ2n) is 8.72. The van der Waals surface area contributed by atoms with E-state index in [0.717, 1.165) is 23.5 Å². The van der Waals surface area contributed by atoms with Crippen LogP contribution in [0.4, 0.5) is 29.7 Å². The Morgan fingerprint density at radius 2 is 1.70 bits per heavy atom. The third-order valence-corrected chi connectivity index (χ3v) is 7.26. The van der Waals surface area contributed by atoms with Crippen LogP contribution < -0.4 is 21.3 Å². The molecule has 4 N–H and O–H groups in total. The van der Waals surface area contributed by atoms with E-state index in [1.165, 1.54) is 25.1 Å². The van der Waals surface area contributed by atoms with Crippen LogP contribution in [0.5, 0.6) is 5.75 Å². The lowest BCUT2D eigenvalue weighted by molar-refractivity contribution is -0.137. The summed E-state index contributed by atoms with van der Waals surface area (Å²) < 4.78 is 39.2. The van der Waals surface area contributed by atoms with Crippen LogP contribution >= 0.6 is 20.6 Å². The molecule has 8 nitrogen and oxygen atoms in total. The highest BCUT2D eigenvalue weighted by Gasteiger charge is 2.56. The van der Waals surface area contributed by atoms with Gasteiger partial charge in [0.1, 0.15) is 16.0 Å². The molecule has 1 saturated carbocycles. The number of anilines is 3. The summed E-state index contributed by atoms with van der Waals surface area (Å²) >= 11 is 0.849. The van der Waals surface area contributed by atoms with Gasteiger partial charge in [0.2, 0.25) is 11.8 Å². The number of carbonyl (C=O) groups is 3. The monoisotopic (exact) mass is 550 g/mol. The first kappa shape index (κ1) is 26.6. The van der Waals surface area contributed by atoms with E-state index in [1.807, 2.05) is 0 Å². The lowest BCUT2D eigenvalue weighted by Crippen LogP contribution is -2.35. The van der Waals surface area contributed by atoms with E-state index in [-0.39, 0.29) is 27.1 Å². The van der Waals surface area contributed by atoms with E-state index < -0.39 is 34.9 Å². The number of aryl methyl sites for hydroxylation is 2. The van der Waals surface area contributed by atoms with Gasteiger partial charge in [-0.25, -0.2) is 4.98 Å². The van der Waals surface area contributed by atoms with E-state index in [1.54, 1.807) is 13.0 Å². The van der Waals surface area contributed by atoms with Crippen LogP contribution in [0.25, 0.3) is 0 Å². The van der Waals surface area contributed by atoms with Gasteiger partial charge in [-0.1, -0.05) is 17.4 Å². The van der Waals surface area contributed by atoms with Crippen molar-refractivity contribution in [1.29, 1.82) is 0 Å². The lowest BCUT2D eigenvalue weighted by Gasteiger charge is -2.15. The molecule has 2 aromatic carbocycles. The fourth-order valence-corrected chi connectivity index (χ4v) is 4.84. The Balaban J connectivity index is 1.46. The van der Waals surface area contributed by atoms with Crippen molar-refractivity contribution in [1.82, 2.24) is 4.98 Å². The number of nitrogens with one attached hydrogen (secondary N) is 3. The van der Waals surface area contributed by atoms with Gasteiger partial charge in [-0.15, -0.1) is 9.24 Å². The minimum Gasteiger partial charge on any atom is -0.508 e. The molecular formula is C24H22F3N4O4PS. The Hall–Kier alpha value is -3.50. The van der Waals surface area contributed by atoms with Crippen molar-refractivity contribution < 1.29 is 32.7 Å². The number of phenols is 1. The highest BCUT2D eigenvalue weighted by Crippen LogP contribution is 2.48. The number of phenolic OH excluding ortho intramolecular Hbond substituents is 1. The summed E-state index contributed by atoms with van der Waals surface area (Å²) in [6.45, 7) is 3.10. The van der Waals surface area contributed by atoms with Crippen LogP contribution in [0.1, 0.15) is 39.3 Å². The number of benzene rings is 2. The molecule has 194 valence electrons. The first-order valence-corrected chi connectivity index (χ1v) is 12.4. The fourth-order valence-electron chi connectivity index (χ4n) is 3.63. The number of hydrogen-bond donors (Lipinski definition) is 4. The molecule has 3 aromatic rings. The Labute approximate surface area is 215 Å². The third-order valence-electron chi connectivity index (χ3n) is 5.85. The predicted octanol–water partition coefficient (Wildman–Crippen LogP) is 4.59. The summed E-state index contributed by atoms with van der Waals surface area (Å²) in [4.78, 5) is 42.9. The molecule has 1 fully saturated rings. The minimum absolute atomic E-state index is 0.00685. The van der Waals surface area contributed by atoms with Crippen molar-refractivity contribution in [3.05, 3.63) is 58.1 Å². The average molecular weight is 550 g/mol. The Morgan fingerprint density at radius 3 is 2.32 bits per heavy atom. The smallest absolute Gasteiger partial charge is 0.416 e. The molecule has 3 amide bonds.